The second-order valence-electron chi connectivity index (χ2n) is 5.50. The summed E-state index contributed by atoms with van der Waals surface area (Å²) >= 11 is 7.44. The summed E-state index contributed by atoms with van der Waals surface area (Å²) in [6, 6.07) is 7.34. The van der Waals surface area contributed by atoms with Gasteiger partial charge in [-0.25, -0.2) is 4.98 Å². The maximum atomic E-state index is 12.4. The SMILES string of the molecule is O=C(O)[C@H]1CC=CC[C@@H]1C(=O)Nc1nc(-c2ccccc2Cl)cs1. The highest BCUT2D eigenvalue weighted by Crippen LogP contribution is 2.32. The van der Waals surface area contributed by atoms with Crippen molar-refractivity contribution < 1.29 is 14.7 Å². The van der Waals surface area contributed by atoms with E-state index in [-0.39, 0.29) is 5.91 Å². The standard InChI is InChI=1S/C17H15ClN2O3S/c18-13-8-4-3-7-12(13)14-9-24-17(19-14)20-15(21)10-5-1-2-6-11(10)16(22)23/h1-4,7-11H,5-6H2,(H,22,23)(H,19,20,21)/t10-,11-/m0/s1. The first-order chi connectivity index (χ1) is 11.6. The molecule has 1 aliphatic carbocycles. The van der Waals surface area contributed by atoms with E-state index in [0.717, 1.165) is 5.56 Å². The van der Waals surface area contributed by atoms with Crippen LogP contribution in [-0.2, 0) is 9.59 Å². The normalized spacial score (nSPS) is 19.9. The van der Waals surface area contributed by atoms with Gasteiger partial charge in [0.1, 0.15) is 0 Å². The summed E-state index contributed by atoms with van der Waals surface area (Å²) < 4.78 is 0. The van der Waals surface area contributed by atoms with E-state index in [1.54, 1.807) is 6.07 Å². The highest BCUT2D eigenvalue weighted by Gasteiger charge is 2.34. The molecule has 1 heterocycles. The van der Waals surface area contributed by atoms with Crippen LogP contribution in [0.1, 0.15) is 12.8 Å². The van der Waals surface area contributed by atoms with Gasteiger partial charge in [0.2, 0.25) is 5.91 Å². The fourth-order valence-electron chi connectivity index (χ4n) is 2.70. The molecule has 1 aromatic carbocycles. The molecule has 0 fully saturated rings. The number of aromatic nitrogens is 1. The first kappa shape index (κ1) is 16.7. The molecule has 0 aliphatic heterocycles. The molecule has 0 saturated heterocycles. The van der Waals surface area contributed by atoms with Crippen LogP contribution < -0.4 is 5.32 Å². The van der Waals surface area contributed by atoms with Gasteiger partial charge in [0, 0.05) is 16.0 Å². The Hall–Kier alpha value is -2.18. The first-order valence-electron chi connectivity index (χ1n) is 7.45. The first-order valence-corrected chi connectivity index (χ1v) is 8.71. The van der Waals surface area contributed by atoms with Crippen molar-refractivity contribution in [1.29, 1.82) is 0 Å². The number of hydrogen-bond acceptors (Lipinski definition) is 4. The van der Waals surface area contributed by atoms with Crippen molar-refractivity contribution in [2.75, 3.05) is 5.32 Å². The van der Waals surface area contributed by atoms with Crippen LogP contribution in [0.5, 0.6) is 0 Å². The Bertz CT molecular complexity index is 803. The van der Waals surface area contributed by atoms with E-state index in [9.17, 15) is 14.7 Å². The summed E-state index contributed by atoms with van der Waals surface area (Å²) in [6.07, 6.45) is 4.45. The molecule has 1 aliphatic rings. The number of anilines is 1. The van der Waals surface area contributed by atoms with Crippen LogP contribution in [0.4, 0.5) is 5.13 Å². The molecule has 7 heteroatoms. The Morgan fingerprint density at radius 2 is 1.92 bits per heavy atom. The van der Waals surface area contributed by atoms with Crippen molar-refractivity contribution in [3.63, 3.8) is 0 Å². The van der Waals surface area contributed by atoms with E-state index >= 15 is 0 Å². The zero-order chi connectivity index (χ0) is 17.1. The van der Waals surface area contributed by atoms with Gasteiger partial charge in [0.05, 0.1) is 17.5 Å². The lowest BCUT2D eigenvalue weighted by Gasteiger charge is -2.23. The Balaban J connectivity index is 1.75. The van der Waals surface area contributed by atoms with Crippen LogP contribution in [0.15, 0.2) is 41.8 Å². The number of allylic oxidation sites excluding steroid dienone is 2. The topological polar surface area (TPSA) is 79.3 Å². The molecule has 2 N–H and O–H groups in total. The average molecular weight is 363 g/mol. The highest BCUT2D eigenvalue weighted by molar-refractivity contribution is 7.14. The molecule has 24 heavy (non-hydrogen) atoms. The Morgan fingerprint density at radius 1 is 1.21 bits per heavy atom. The largest absolute Gasteiger partial charge is 0.481 e. The number of rotatable bonds is 4. The third-order valence-electron chi connectivity index (χ3n) is 3.97. The van der Waals surface area contributed by atoms with Crippen molar-refractivity contribution in [3.8, 4) is 11.3 Å². The van der Waals surface area contributed by atoms with Crippen molar-refractivity contribution in [3.05, 3.63) is 46.8 Å². The summed E-state index contributed by atoms with van der Waals surface area (Å²) in [6.45, 7) is 0. The molecular formula is C17H15ClN2O3S. The van der Waals surface area contributed by atoms with Gasteiger partial charge >= 0.3 is 5.97 Å². The predicted octanol–water partition coefficient (Wildman–Crippen LogP) is 4.07. The van der Waals surface area contributed by atoms with E-state index in [4.69, 9.17) is 11.6 Å². The molecule has 0 unspecified atom stereocenters. The molecule has 1 amide bonds. The number of aliphatic carboxylic acids is 1. The number of nitrogens with zero attached hydrogens (tertiary/aromatic N) is 1. The maximum absolute atomic E-state index is 12.4. The monoisotopic (exact) mass is 362 g/mol. The number of amides is 1. The second-order valence-corrected chi connectivity index (χ2v) is 6.77. The molecule has 5 nitrogen and oxygen atoms in total. The Morgan fingerprint density at radius 3 is 2.62 bits per heavy atom. The van der Waals surface area contributed by atoms with E-state index in [1.807, 2.05) is 35.7 Å². The molecule has 2 aromatic rings. The number of halogens is 1. The van der Waals surface area contributed by atoms with E-state index < -0.39 is 17.8 Å². The molecule has 0 bridgehead atoms. The minimum atomic E-state index is -0.949. The number of benzene rings is 1. The van der Waals surface area contributed by atoms with Crippen LogP contribution in [0.25, 0.3) is 11.3 Å². The smallest absolute Gasteiger partial charge is 0.307 e. The minimum Gasteiger partial charge on any atom is -0.481 e. The summed E-state index contributed by atoms with van der Waals surface area (Å²) in [5.41, 5.74) is 1.47. The summed E-state index contributed by atoms with van der Waals surface area (Å²) in [7, 11) is 0. The lowest BCUT2D eigenvalue weighted by Crippen LogP contribution is -2.34. The van der Waals surface area contributed by atoms with Gasteiger partial charge < -0.3 is 10.4 Å². The summed E-state index contributed by atoms with van der Waals surface area (Å²) in [5.74, 6) is -2.54. The number of carboxylic acids is 1. The molecule has 0 radical (unpaired) electrons. The number of hydrogen-bond donors (Lipinski definition) is 2. The van der Waals surface area contributed by atoms with Gasteiger partial charge in [0.25, 0.3) is 0 Å². The molecule has 0 saturated carbocycles. The molecule has 2 atom stereocenters. The second kappa shape index (κ2) is 7.15. The van der Waals surface area contributed by atoms with Crippen LogP contribution in [0.3, 0.4) is 0 Å². The predicted molar refractivity (Wildman–Crippen MR) is 94.2 cm³/mol. The lowest BCUT2D eigenvalue weighted by atomic mass is 9.82. The molecule has 124 valence electrons. The fourth-order valence-corrected chi connectivity index (χ4v) is 3.64. The zero-order valence-electron chi connectivity index (χ0n) is 12.6. The van der Waals surface area contributed by atoms with Gasteiger partial charge in [-0.15, -0.1) is 11.3 Å². The molecule has 1 aromatic heterocycles. The van der Waals surface area contributed by atoms with Crippen LogP contribution in [0.2, 0.25) is 5.02 Å². The highest BCUT2D eigenvalue weighted by atomic mass is 35.5. The van der Waals surface area contributed by atoms with Crippen molar-refractivity contribution in [2.24, 2.45) is 11.8 Å². The maximum Gasteiger partial charge on any atom is 0.307 e. The summed E-state index contributed by atoms with van der Waals surface area (Å²) in [4.78, 5) is 28.1. The quantitative estimate of drug-likeness (QED) is 0.803. The molecular weight excluding hydrogens is 348 g/mol. The van der Waals surface area contributed by atoms with E-state index in [1.165, 1.54) is 11.3 Å². The number of thiazole rings is 1. The van der Waals surface area contributed by atoms with Crippen molar-refractivity contribution in [2.45, 2.75) is 12.8 Å². The molecule has 3 rings (SSSR count). The van der Waals surface area contributed by atoms with Crippen LogP contribution in [-0.4, -0.2) is 22.0 Å². The van der Waals surface area contributed by atoms with Crippen LogP contribution in [0, 0.1) is 11.8 Å². The summed E-state index contributed by atoms with van der Waals surface area (Å²) in [5, 5.41) is 14.8. The van der Waals surface area contributed by atoms with Gasteiger partial charge in [-0.3, -0.25) is 9.59 Å². The Kier molecular flexibility index (Phi) is 4.97. The number of carboxylic acid groups (broad SMARTS) is 1. The van der Waals surface area contributed by atoms with Gasteiger partial charge in [-0.2, -0.15) is 0 Å². The van der Waals surface area contributed by atoms with Crippen molar-refractivity contribution in [1.82, 2.24) is 4.98 Å². The minimum absolute atomic E-state index is 0.313. The van der Waals surface area contributed by atoms with Crippen molar-refractivity contribution >= 4 is 39.9 Å². The molecule has 0 spiro atoms. The Labute approximate surface area is 148 Å². The third-order valence-corrected chi connectivity index (χ3v) is 5.06. The fraction of sp³-hybridized carbons (Fsp3) is 0.235. The van der Waals surface area contributed by atoms with Gasteiger partial charge in [-0.1, -0.05) is 42.0 Å². The lowest BCUT2D eigenvalue weighted by molar-refractivity contribution is -0.146. The van der Waals surface area contributed by atoms with E-state index in [0.29, 0.717) is 28.7 Å². The van der Waals surface area contributed by atoms with Gasteiger partial charge in [0.15, 0.2) is 5.13 Å². The number of nitrogens with one attached hydrogen (secondary N) is 1. The van der Waals surface area contributed by atoms with E-state index in [2.05, 4.69) is 10.3 Å². The number of carbonyl (C=O) groups is 2. The average Bonchev–Trinajstić information content (AvgIpc) is 3.03. The zero-order valence-corrected chi connectivity index (χ0v) is 14.2. The van der Waals surface area contributed by atoms with Gasteiger partial charge in [-0.05, 0) is 18.9 Å². The van der Waals surface area contributed by atoms with Crippen LogP contribution >= 0.6 is 22.9 Å². The third kappa shape index (κ3) is 3.49. The number of carbonyl (C=O) groups excluding carboxylic acids is 1.